The van der Waals surface area contributed by atoms with E-state index in [9.17, 15) is 9.18 Å². The van der Waals surface area contributed by atoms with Crippen LogP contribution in [0.5, 0.6) is 0 Å². The summed E-state index contributed by atoms with van der Waals surface area (Å²) < 4.78 is 13.4. The van der Waals surface area contributed by atoms with Crippen molar-refractivity contribution in [1.29, 1.82) is 0 Å². The van der Waals surface area contributed by atoms with Crippen molar-refractivity contribution in [1.82, 2.24) is 0 Å². The highest BCUT2D eigenvalue weighted by molar-refractivity contribution is 6.00. The number of rotatable bonds is 4. The highest BCUT2D eigenvalue weighted by Gasteiger charge is 2.10. The third-order valence-electron chi connectivity index (χ3n) is 3.27. The molecule has 20 heavy (non-hydrogen) atoms. The molecule has 0 aliphatic heterocycles. The highest BCUT2D eigenvalue weighted by atomic mass is 19.1. The fraction of sp³-hybridized carbons (Fsp3) is 0.278. The van der Waals surface area contributed by atoms with Crippen LogP contribution in [0.1, 0.15) is 36.7 Å². The molecule has 0 amide bonds. The summed E-state index contributed by atoms with van der Waals surface area (Å²) in [5.74, 6) is 0.227. The zero-order valence-electron chi connectivity index (χ0n) is 12.1. The maximum Gasteiger partial charge on any atom is 0.160 e. The van der Waals surface area contributed by atoms with Gasteiger partial charge in [0.1, 0.15) is 5.82 Å². The first-order chi connectivity index (χ1) is 9.47. The average Bonchev–Trinajstić information content (AvgIpc) is 2.38. The summed E-state index contributed by atoms with van der Waals surface area (Å²) in [6, 6.07) is 12.3. The molecule has 0 bridgehead atoms. The van der Waals surface area contributed by atoms with Crippen LogP contribution in [-0.2, 0) is 6.42 Å². The molecule has 0 atom stereocenters. The molecule has 0 aliphatic carbocycles. The molecule has 0 saturated heterocycles. The van der Waals surface area contributed by atoms with E-state index in [2.05, 4.69) is 13.8 Å². The number of halogens is 1. The van der Waals surface area contributed by atoms with Crippen molar-refractivity contribution in [3.63, 3.8) is 0 Å². The Morgan fingerprint density at radius 2 is 1.75 bits per heavy atom. The molecule has 0 N–H and O–H groups in total. The molecule has 0 saturated carbocycles. The first kappa shape index (κ1) is 14.4. The largest absolute Gasteiger partial charge is 0.294 e. The average molecular weight is 270 g/mol. The third-order valence-corrected chi connectivity index (χ3v) is 3.27. The second-order valence-corrected chi connectivity index (χ2v) is 5.54. The predicted octanol–water partition coefficient (Wildman–Crippen LogP) is 4.89. The van der Waals surface area contributed by atoms with Crippen molar-refractivity contribution in [2.75, 3.05) is 0 Å². The number of carbonyl (C=O) groups excluding carboxylic acids is 1. The van der Waals surface area contributed by atoms with E-state index < -0.39 is 0 Å². The number of hydrogen-bond donors (Lipinski definition) is 0. The van der Waals surface area contributed by atoms with Crippen LogP contribution in [0.15, 0.2) is 42.5 Å². The summed E-state index contributed by atoms with van der Waals surface area (Å²) in [6.45, 7) is 5.85. The Morgan fingerprint density at radius 1 is 1.10 bits per heavy atom. The third kappa shape index (κ3) is 3.32. The Hall–Kier alpha value is -1.96. The molecule has 0 unspecified atom stereocenters. The van der Waals surface area contributed by atoms with Crippen LogP contribution in [0.2, 0.25) is 0 Å². The molecule has 0 spiro atoms. The molecule has 2 rings (SSSR count). The SMILES string of the molecule is CC(=O)c1ccc(F)cc1-c1ccc(CC(C)C)cc1. The van der Waals surface area contributed by atoms with Crippen molar-refractivity contribution < 1.29 is 9.18 Å². The van der Waals surface area contributed by atoms with Gasteiger partial charge in [-0.05, 0) is 54.2 Å². The smallest absolute Gasteiger partial charge is 0.160 e. The van der Waals surface area contributed by atoms with E-state index in [-0.39, 0.29) is 11.6 Å². The molecule has 2 heteroatoms. The number of ketones is 1. The van der Waals surface area contributed by atoms with Crippen LogP contribution in [0, 0.1) is 11.7 Å². The van der Waals surface area contributed by atoms with E-state index in [0.29, 0.717) is 17.0 Å². The van der Waals surface area contributed by atoms with Crippen molar-refractivity contribution in [2.45, 2.75) is 27.2 Å². The number of Topliss-reactive ketones (excluding diaryl/α,β-unsaturated/α-hetero) is 1. The van der Waals surface area contributed by atoms with E-state index in [1.165, 1.54) is 24.6 Å². The first-order valence-corrected chi connectivity index (χ1v) is 6.87. The Bertz CT molecular complexity index is 612. The van der Waals surface area contributed by atoms with E-state index in [1.54, 1.807) is 6.07 Å². The van der Waals surface area contributed by atoms with Gasteiger partial charge in [0.05, 0.1) is 0 Å². The highest BCUT2D eigenvalue weighted by Crippen LogP contribution is 2.26. The molecule has 1 nitrogen and oxygen atoms in total. The standard InChI is InChI=1S/C18H19FO/c1-12(2)10-14-4-6-15(7-5-14)18-11-16(19)8-9-17(18)13(3)20/h4-9,11-12H,10H2,1-3H3. The molecule has 0 heterocycles. The minimum Gasteiger partial charge on any atom is -0.294 e. The van der Waals surface area contributed by atoms with Crippen LogP contribution < -0.4 is 0 Å². The van der Waals surface area contributed by atoms with E-state index in [0.717, 1.165) is 12.0 Å². The monoisotopic (exact) mass is 270 g/mol. The van der Waals surface area contributed by atoms with Crippen LogP contribution in [0.3, 0.4) is 0 Å². The minimum atomic E-state index is -0.323. The van der Waals surface area contributed by atoms with Gasteiger partial charge in [0.2, 0.25) is 0 Å². The molecule has 0 radical (unpaired) electrons. The summed E-state index contributed by atoms with van der Waals surface area (Å²) >= 11 is 0. The minimum absolute atomic E-state index is 0.0498. The lowest BCUT2D eigenvalue weighted by Gasteiger charge is -2.09. The topological polar surface area (TPSA) is 17.1 Å². The Kier molecular flexibility index (Phi) is 4.33. The van der Waals surface area contributed by atoms with Crippen molar-refractivity contribution >= 4 is 5.78 Å². The lowest BCUT2D eigenvalue weighted by molar-refractivity contribution is 0.101. The van der Waals surface area contributed by atoms with Crippen LogP contribution in [0.4, 0.5) is 4.39 Å². The van der Waals surface area contributed by atoms with E-state index in [4.69, 9.17) is 0 Å². The maximum absolute atomic E-state index is 13.4. The summed E-state index contributed by atoms with van der Waals surface area (Å²) in [5.41, 5.74) is 3.35. The van der Waals surface area contributed by atoms with Gasteiger partial charge in [-0.1, -0.05) is 38.1 Å². The summed E-state index contributed by atoms with van der Waals surface area (Å²) in [5, 5.41) is 0. The van der Waals surface area contributed by atoms with Gasteiger partial charge >= 0.3 is 0 Å². The fourth-order valence-corrected chi connectivity index (χ4v) is 2.35. The first-order valence-electron chi connectivity index (χ1n) is 6.87. The van der Waals surface area contributed by atoms with Gasteiger partial charge < -0.3 is 0 Å². The molecule has 0 aromatic heterocycles. The zero-order valence-corrected chi connectivity index (χ0v) is 12.1. The maximum atomic E-state index is 13.4. The van der Waals surface area contributed by atoms with Crippen molar-refractivity contribution in [2.24, 2.45) is 5.92 Å². The number of benzene rings is 2. The molecule has 2 aromatic carbocycles. The van der Waals surface area contributed by atoms with Gasteiger partial charge in [-0.2, -0.15) is 0 Å². The summed E-state index contributed by atoms with van der Waals surface area (Å²) in [7, 11) is 0. The normalized spacial score (nSPS) is 10.8. The molecular formula is C18H19FO. The van der Waals surface area contributed by atoms with Crippen molar-refractivity contribution in [3.05, 3.63) is 59.4 Å². The van der Waals surface area contributed by atoms with E-state index >= 15 is 0 Å². The number of hydrogen-bond acceptors (Lipinski definition) is 1. The molecule has 0 aliphatic rings. The van der Waals surface area contributed by atoms with E-state index in [1.807, 2.05) is 24.3 Å². The molecular weight excluding hydrogens is 251 g/mol. The number of carbonyl (C=O) groups is 1. The summed E-state index contributed by atoms with van der Waals surface area (Å²) in [4.78, 5) is 11.6. The van der Waals surface area contributed by atoms with Crippen LogP contribution in [0.25, 0.3) is 11.1 Å². The van der Waals surface area contributed by atoms with Crippen LogP contribution >= 0.6 is 0 Å². The molecule has 104 valence electrons. The van der Waals surface area contributed by atoms with Gasteiger partial charge in [0, 0.05) is 5.56 Å². The fourth-order valence-electron chi connectivity index (χ4n) is 2.35. The Balaban J connectivity index is 2.41. The van der Waals surface area contributed by atoms with Gasteiger partial charge in [-0.15, -0.1) is 0 Å². The van der Waals surface area contributed by atoms with Crippen molar-refractivity contribution in [3.8, 4) is 11.1 Å². The molecule has 2 aromatic rings. The lowest BCUT2D eigenvalue weighted by Crippen LogP contribution is -1.98. The quantitative estimate of drug-likeness (QED) is 0.723. The Labute approximate surface area is 119 Å². The summed E-state index contributed by atoms with van der Waals surface area (Å²) in [6.07, 6.45) is 1.02. The second-order valence-electron chi connectivity index (χ2n) is 5.54. The second kappa shape index (κ2) is 6.00. The van der Waals surface area contributed by atoms with Gasteiger partial charge in [-0.3, -0.25) is 4.79 Å². The zero-order chi connectivity index (χ0) is 14.7. The van der Waals surface area contributed by atoms with Gasteiger partial charge in [-0.25, -0.2) is 4.39 Å². The van der Waals surface area contributed by atoms with Crippen LogP contribution in [-0.4, -0.2) is 5.78 Å². The van der Waals surface area contributed by atoms with Gasteiger partial charge in [0.15, 0.2) is 5.78 Å². The molecule has 0 fully saturated rings. The lowest BCUT2D eigenvalue weighted by atomic mass is 9.95. The van der Waals surface area contributed by atoms with Gasteiger partial charge in [0.25, 0.3) is 0 Å². The Morgan fingerprint density at radius 3 is 2.30 bits per heavy atom. The predicted molar refractivity (Wildman–Crippen MR) is 80.4 cm³/mol.